The molecule has 7 nitrogen and oxygen atoms in total. The molecule has 1 aromatic carbocycles. The van der Waals surface area contributed by atoms with E-state index in [1.54, 1.807) is 12.1 Å². The summed E-state index contributed by atoms with van der Waals surface area (Å²) in [7, 11) is -3.48. The predicted octanol–water partition coefficient (Wildman–Crippen LogP) is 1.11. The van der Waals surface area contributed by atoms with Crippen LogP contribution in [0.25, 0.3) is 0 Å². The zero-order valence-corrected chi connectivity index (χ0v) is 15.7. The highest BCUT2D eigenvalue weighted by Crippen LogP contribution is 2.28. The van der Waals surface area contributed by atoms with Gasteiger partial charge in [-0.05, 0) is 49.9 Å². The van der Waals surface area contributed by atoms with Gasteiger partial charge in [0.1, 0.15) is 6.04 Å². The Morgan fingerprint density at radius 2 is 1.96 bits per heavy atom. The summed E-state index contributed by atoms with van der Waals surface area (Å²) < 4.78 is 32.4. The minimum Gasteiger partial charge on any atom is -0.375 e. The van der Waals surface area contributed by atoms with Gasteiger partial charge in [0, 0.05) is 18.8 Å². The molecule has 140 valence electrons. The monoisotopic (exact) mass is 389 g/mol. The maximum atomic E-state index is 12.3. The molecule has 3 rings (SSSR count). The zero-order chi connectivity index (χ0) is 17.2. The Bertz CT molecular complexity index is 692. The van der Waals surface area contributed by atoms with Crippen LogP contribution in [0.3, 0.4) is 0 Å². The molecule has 1 aromatic rings. The first-order valence-electron chi connectivity index (χ1n) is 8.21. The van der Waals surface area contributed by atoms with E-state index in [2.05, 4.69) is 15.4 Å². The van der Waals surface area contributed by atoms with Gasteiger partial charge in [0.05, 0.1) is 17.6 Å². The van der Waals surface area contributed by atoms with Crippen molar-refractivity contribution in [1.82, 2.24) is 10.0 Å². The molecule has 0 unspecified atom stereocenters. The summed E-state index contributed by atoms with van der Waals surface area (Å²) in [6.07, 6.45) is 1.97. The summed E-state index contributed by atoms with van der Waals surface area (Å²) in [6.45, 7) is 3.56. The van der Waals surface area contributed by atoms with Crippen LogP contribution < -0.4 is 15.4 Å². The molecule has 1 heterocycles. The number of rotatable bonds is 6. The van der Waals surface area contributed by atoms with E-state index in [-0.39, 0.29) is 29.3 Å². The Kier molecular flexibility index (Phi) is 6.81. The van der Waals surface area contributed by atoms with Crippen LogP contribution in [0.1, 0.15) is 19.8 Å². The number of morpholine rings is 1. The van der Waals surface area contributed by atoms with Crippen molar-refractivity contribution in [2.24, 2.45) is 5.92 Å². The maximum Gasteiger partial charge on any atom is 0.244 e. The number of sulfonamides is 1. The van der Waals surface area contributed by atoms with Gasteiger partial charge in [0.25, 0.3) is 0 Å². The van der Waals surface area contributed by atoms with Crippen LogP contribution in [0.15, 0.2) is 29.2 Å². The quantitative estimate of drug-likeness (QED) is 0.677. The summed E-state index contributed by atoms with van der Waals surface area (Å²) in [6, 6.07) is 5.77. The van der Waals surface area contributed by atoms with E-state index in [4.69, 9.17) is 4.74 Å². The van der Waals surface area contributed by atoms with Gasteiger partial charge >= 0.3 is 0 Å². The van der Waals surface area contributed by atoms with Crippen LogP contribution in [0.4, 0.5) is 5.69 Å². The molecule has 1 aliphatic carbocycles. The number of carbonyl (C=O) groups is 1. The Balaban J connectivity index is 0.00000225. The Morgan fingerprint density at radius 3 is 2.56 bits per heavy atom. The third-order valence-electron chi connectivity index (χ3n) is 4.29. The van der Waals surface area contributed by atoms with Crippen LogP contribution in [0.2, 0.25) is 0 Å². The van der Waals surface area contributed by atoms with Crippen molar-refractivity contribution < 1.29 is 17.9 Å². The second-order valence-corrected chi connectivity index (χ2v) is 8.08. The van der Waals surface area contributed by atoms with Gasteiger partial charge in [0.15, 0.2) is 0 Å². The van der Waals surface area contributed by atoms with Crippen molar-refractivity contribution in [3.8, 4) is 0 Å². The van der Waals surface area contributed by atoms with E-state index in [9.17, 15) is 13.2 Å². The normalized spacial score (nSPS) is 23.6. The van der Waals surface area contributed by atoms with Crippen molar-refractivity contribution in [2.75, 3.05) is 25.0 Å². The zero-order valence-electron chi connectivity index (χ0n) is 14.0. The molecule has 0 bridgehead atoms. The van der Waals surface area contributed by atoms with Gasteiger partial charge in [-0.1, -0.05) is 0 Å². The Morgan fingerprint density at radius 1 is 1.28 bits per heavy atom. The average molecular weight is 390 g/mol. The average Bonchev–Trinajstić information content (AvgIpc) is 3.38. The van der Waals surface area contributed by atoms with Crippen molar-refractivity contribution in [1.29, 1.82) is 0 Å². The molecule has 0 spiro atoms. The molecule has 1 aliphatic heterocycles. The van der Waals surface area contributed by atoms with E-state index in [1.807, 2.05) is 6.92 Å². The third kappa shape index (κ3) is 5.39. The molecule has 3 N–H and O–H groups in total. The molecular weight excluding hydrogens is 366 g/mol. The number of hydrogen-bond acceptors (Lipinski definition) is 5. The van der Waals surface area contributed by atoms with Crippen molar-refractivity contribution >= 4 is 34.0 Å². The molecule has 0 aromatic heterocycles. The first-order valence-corrected chi connectivity index (χ1v) is 9.69. The number of anilines is 1. The standard InChI is InChI=1S/C16H23N3O4S.ClH/c1-11-15(17-8-9-23-11)16(20)19-13-4-6-14(7-5-13)24(21,22)18-10-12-2-3-12;/h4-7,11-12,15,17-18H,2-3,8-10H2,1H3,(H,19,20);1H/t11-,15+;/m1./s1. The molecule has 9 heteroatoms. The fourth-order valence-corrected chi connectivity index (χ4v) is 3.71. The number of ether oxygens (including phenoxy) is 1. The third-order valence-corrected chi connectivity index (χ3v) is 5.73. The number of hydrogen-bond donors (Lipinski definition) is 3. The van der Waals surface area contributed by atoms with Crippen molar-refractivity contribution in [3.05, 3.63) is 24.3 Å². The number of carbonyl (C=O) groups excluding carboxylic acids is 1. The molecule has 2 aliphatic rings. The summed E-state index contributed by atoms with van der Waals surface area (Å²) in [5, 5.41) is 5.90. The molecule has 2 fully saturated rings. The predicted molar refractivity (Wildman–Crippen MR) is 97.4 cm³/mol. The number of halogens is 1. The summed E-state index contributed by atoms with van der Waals surface area (Å²) in [5.74, 6) is 0.287. The SMILES string of the molecule is C[C@H]1OCCN[C@@H]1C(=O)Nc1ccc(S(=O)(=O)NCC2CC2)cc1.Cl. The largest absolute Gasteiger partial charge is 0.375 e. The second kappa shape index (κ2) is 8.46. The van der Waals surface area contributed by atoms with Gasteiger partial charge in [-0.3, -0.25) is 4.79 Å². The highest BCUT2D eigenvalue weighted by Gasteiger charge is 2.28. The summed E-state index contributed by atoms with van der Waals surface area (Å²) >= 11 is 0. The lowest BCUT2D eigenvalue weighted by Gasteiger charge is -2.29. The van der Waals surface area contributed by atoms with Gasteiger partial charge in [-0.15, -0.1) is 12.4 Å². The van der Waals surface area contributed by atoms with E-state index in [0.717, 1.165) is 12.8 Å². The number of benzene rings is 1. The van der Waals surface area contributed by atoms with E-state index in [1.165, 1.54) is 12.1 Å². The van der Waals surface area contributed by atoms with Gasteiger partial charge in [-0.2, -0.15) is 0 Å². The van der Waals surface area contributed by atoms with Crippen molar-refractivity contribution in [3.63, 3.8) is 0 Å². The fraction of sp³-hybridized carbons (Fsp3) is 0.562. The fourth-order valence-electron chi connectivity index (χ4n) is 2.60. The topological polar surface area (TPSA) is 96.5 Å². The van der Waals surface area contributed by atoms with Crippen molar-refractivity contribution in [2.45, 2.75) is 36.8 Å². The highest BCUT2D eigenvalue weighted by atomic mass is 35.5. The van der Waals surface area contributed by atoms with Gasteiger partial charge in [-0.25, -0.2) is 13.1 Å². The van der Waals surface area contributed by atoms with E-state index in [0.29, 0.717) is 31.3 Å². The minimum absolute atomic E-state index is 0. The lowest BCUT2D eigenvalue weighted by atomic mass is 10.1. The molecule has 1 saturated carbocycles. The lowest BCUT2D eigenvalue weighted by molar-refractivity contribution is -0.123. The summed E-state index contributed by atoms with van der Waals surface area (Å²) in [5.41, 5.74) is 0.556. The smallest absolute Gasteiger partial charge is 0.244 e. The van der Waals surface area contributed by atoms with E-state index >= 15 is 0 Å². The first-order chi connectivity index (χ1) is 11.5. The summed E-state index contributed by atoms with van der Waals surface area (Å²) in [4.78, 5) is 12.5. The van der Waals surface area contributed by atoms with Crippen LogP contribution >= 0.6 is 12.4 Å². The molecule has 1 amide bonds. The van der Waals surface area contributed by atoms with Crippen LogP contribution in [0.5, 0.6) is 0 Å². The van der Waals surface area contributed by atoms with E-state index < -0.39 is 16.1 Å². The molecule has 0 radical (unpaired) electrons. The second-order valence-electron chi connectivity index (χ2n) is 6.32. The minimum atomic E-state index is -3.48. The Hall–Kier alpha value is -1.19. The Labute approximate surface area is 154 Å². The first kappa shape index (κ1) is 20.1. The molecule has 1 saturated heterocycles. The van der Waals surface area contributed by atoms with Gasteiger partial charge < -0.3 is 15.4 Å². The van der Waals surface area contributed by atoms with Crippen LogP contribution in [-0.4, -0.2) is 46.2 Å². The highest BCUT2D eigenvalue weighted by molar-refractivity contribution is 7.89. The van der Waals surface area contributed by atoms with Crippen LogP contribution in [-0.2, 0) is 19.6 Å². The number of amides is 1. The van der Waals surface area contributed by atoms with Crippen LogP contribution in [0, 0.1) is 5.92 Å². The number of nitrogens with one attached hydrogen (secondary N) is 3. The van der Waals surface area contributed by atoms with Gasteiger partial charge in [0.2, 0.25) is 15.9 Å². The molecule has 2 atom stereocenters. The molecule has 25 heavy (non-hydrogen) atoms. The lowest BCUT2D eigenvalue weighted by Crippen LogP contribution is -2.53. The maximum absolute atomic E-state index is 12.3. The molecular formula is C16H24ClN3O4S.